The van der Waals surface area contributed by atoms with Crippen LogP contribution < -0.4 is 9.64 Å². The summed E-state index contributed by atoms with van der Waals surface area (Å²) in [4.78, 5) is 2.41. The minimum absolute atomic E-state index is 0.236. The van der Waals surface area contributed by atoms with Gasteiger partial charge in [-0.25, -0.2) is 8.42 Å². The van der Waals surface area contributed by atoms with E-state index in [9.17, 15) is 8.42 Å². The normalized spacial score (nSPS) is 15.9. The highest BCUT2D eigenvalue weighted by atomic mass is 35.5. The van der Waals surface area contributed by atoms with Crippen LogP contribution >= 0.6 is 11.6 Å². The fourth-order valence-electron chi connectivity index (χ4n) is 3.66. The van der Waals surface area contributed by atoms with E-state index >= 15 is 0 Å². The Morgan fingerprint density at radius 1 is 1.07 bits per heavy atom. The molecule has 1 fully saturated rings. The molecular weight excluding hydrogens is 396 g/mol. The zero-order valence-electron chi connectivity index (χ0n) is 16.8. The minimum atomic E-state index is -3.64. The highest BCUT2D eigenvalue weighted by Crippen LogP contribution is 2.33. The van der Waals surface area contributed by atoms with E-state index in [0.29, 0.717) is 37.0 Å². The molecule has 0 aromatic heterocycles. The third kappa shape index (κ3) is 4.14. The van der Waals surface area contributed by atoms with Gasteiger partial charge in [-0.05, 0) is 54.3 Å². The summed E-state index contributed by atoms with van der Waals surface area (Å²) >= 11 is 6.08. The van der Waals surface area contributed by atoms with Crippen LogP contribution in [0.3, 0.4) is 0 Å². The maximum Gasteiger partial charge on any atom is 0.246 e. The van der Waals surface area contributed by atoms with Gasteiger partial charge in [-0.1, -0.05) is 31.5 Å². The zero-order valence-corrected chi connectivity index (χ0v) is 18.3. The molecule has 3 rings (SSSR count). The fraction of sp³-hybridized carbons (Fsp3) is 0.429. The third-order valence-electron chi connectivity index (χ3n) is 5.20. The van der Waals surface area contributed by atoms with E-state index in [-0.39, 0.29) is 10.8 Å². The van der Waals surface area contributed by atoms with Gasteiger partial charge in [-0.2, -0.15) is 4.31 Å². The summed E-state index contributed by atoms with van der Waals surface area (Å²) in [5.74, 6) is 0.638. The summed E-state index contributed by atoms with van der Waals surface area (Å²) in [7, 11) is -2.12. The van der Waals surface area contributed by atoms with E-state index in [1.165, 1.54) is 7.11 Å². The number of rotatable bonds is 5. The molecule has 28 heavy (non-hydrogen) atoms. The van der Waals surface area contributed by atoms with Crippen molar-refractivity contribution in [1.82, 2.24) is 4.31 Å². The second-order valence-electron chi connectivity index (χ2n) is 7.39. The van der Waals surface area contributed by atoms with Gasteiger partial charge < -0.3 is 9.64 Å². The molecule has 0 unspecified atom stereocenters. The van der Waals surface area contributed by atoms with Crippen molar-refractivity contribution in [2.75, 3.05) is 38.2 Å². The van der Waals surface area contributed by atoms with Crippen LogP contribution in [-0.4, -0.2) is 46.0 Å². The van der Waals surface area contributed by atoms with Crippen LogP contribution in [0.5, 0.6) is 5.75 Å². The molecule has 2 aromatic carbocycles. The van der Waals surface area contributed by atoms with Gasteiger partial charge in [0, 0.05) is 36.9 Å². The average molecular weight is 423 g/mol. The minimum Gasteiger partial charge on any atom is -0.495 e. The van der Waals surface area contributed by atoms with Crippen LogP contribution in [0, 0.1) is 6.92 Å². The highest BCUT2D eigenvalue weighted by Gasteiger charge is 2.31. The molecule has 1 saturated heterocycles. The molecule has 0 radical (unpaired) electrons. The molecule has 0 aliphatic carbocycles. The fourth-order valence-corrected chi connectivity index (χ4v) is 5.44. The Morgan fingerprint density at radius 3 is 2.32 bits per heavy atom. The van der Waals surface area contributed by atoms with E-state index in [2.05, 4.69) is 18.7 Å². The van der Waals surface area contributed by atoms with E-state index in [0.717, 1.165) is 16.8 Å². The lowest BCUT2D eigenvalue weighted by atomic mass is 9.98. The SMILES string of the molecule is COc1cc(C)c(C(C)C)cc1S(=O)(=O)N1CCN(c2cccc(Cl)c2)CC1. The van der Waals surface area contributed by atoms with Gasteiger partial charge in [-0.15, -0.1) is 0 Å². The second-order valence-corrected chi connectivity index (χ2v) is 9.73. The van der Waals surface area contributed by atoms with Crippen LogP contribution in [0.25, 0.3) is 0 Å². The molecule has 152 valence electrons. The molecule has 7 heteroatoms. The van der Waals surface area contributed by atoms with E-state index in [1.54, 1.807) is 10.4 Å². The van der Waals surface area contributed by atoms with Gasteiger partial charge in [0.1, 0.15) is 10.6 Å². The summed E-state index contributed by atoms with van der Waals surface area (Å²) < 4.78 is 33.7. The van der Waals surface area contributed by atoms with E-state index < -0.39 is 10.0 Å². The number of methoxy groups -OCH3 is 1. The Kier molecular flexibility index (Phi) is 6.22. The first-order valence-electron chi connectivity index (χ1n) is 9.43. The maximum atomic E-state index is 13.4. The van der Waals surface area contributed by atoms with Crippen molar-refractivity contribution < 1.29 is 13.2 Å². The molecular formula is C21H27ClN2O3S. The van der Waals surface area contributed by atoms with Crippen molar-refractivity contribution >= 4 is 27.3 Å². The molecule has 0 spiro atoms. The average Bonchev–Trinajstić information content (AvgIpc) is 2.67. The van der Waals surface area contributed by atoms with Gasteiger partial charge in [0.15, 0.2) is 0 Å². The third-order valence-corrected chi connectivity index (χ3v) is 7.36. The first-order valence-corrected chi connectivity index (χ1v) is 11.2. The number of sulfonamides is 1. The largest absolute Gasteiger partial charge is 0.495 e. The molecule has 0 saturated carbocycles. The maximum absolute atomic E-state index is 13.4. The summed E-state index contributed by atoms with van der Waals surface area (Å²) in [6.45, 7) is 8.18. The standard InChI is InChI=1S/C21H27ClN2O3S/c1-15(2)19-14-21(20(27-4)12-16(19)3)28(25,26)24-10-8-23(9-11-24)18-7-5-6-17(22)13-18/h5-7,12-15H,8-11H2,1-4H3. The van der Waals surface area contributed by atoms with Crippen LogP contribution in [0.1, 0.15) is 30.9 Å². The number of benzene rings is 2. The van der Waals surface area contributed by atoms with Gasteiger partial charge >= 0.3 is 0 Å². The quantitative estimate of drug-likeness (QED) is 0.721. The lowest BCUT2D eigenvalue weighted by Crippen LogP contribution is -2.48. The van der Waals surface area contributed by atoms with Crippen molar-refractivity contribution in [3.05, 3.63) is 52.5 Å². The number of anilines is 1. The summed E-state index contributed by atoms with van der Waals surface area (Å²) in [5, 5.41) is 0.679. The number of hydrogen-bond acceptors (Lipinski definition) is 4. The number of nitrogens with zero attached hydrogens (tertiary/aromatic N) is 2. The van der Waals surface area contributed by atoms with Gasteiger partial charge in [-0.3, -0.25) is 0 Å². The van der Waals surface area contributed by atoms with Crippen molar-refractivity contribution in [1.29, 1.82) is 0 Å². The zero-order chi connectivity index (χ0) is 20.5. The van der Waals surface area contributed by atoms with Gasteiger partial charge in [0.05, 0.1) is 7.11 Å². The predicted octanol–water partition coefficient (Wildman–Crippen LogP) is 4.29. The van der Waals surface area contributed by atoms with Crippen LogP contribution in [-0.2, 0) is 10.0 Å². The summed E-state index contributed by atoms with van der Waals surface area (Å²) in [6.07, 6.45) is 0. The molecule has 5 nitrogen and oxygen atoms in total. The number of halogens is 1. The molecule has 0 N–H and O–H groups in total. The van der Waals surface area contributed by atoms with E-state index in [4.69, 9.17) is 16.3 Å². The van der Waals surface area contributed by atoms with Crippen LogP contribution in [0.2, 0.25) is 5.02 Å². The van der Waals surface area contributed by atoms with Gasteiger partial charge in [0.2, 0.25) is 10.0 Å². The molecule has 0 bridgehead atoms. The summed E-state index contributed by atoms with van der Waals surface area (Å²) in [5.41, 5.74) is 3.08. The number of aryl methyl sites for hydroxylation is 1. The lowest BCUT2D eigenvalue weighted by Gasteiger charge is -2.35. The van der Waals surface area contributed by atoms with Crippen molar-refractivity contribution in [2.45, 2.75) is 31.6 Å². The van der Waals surface area contributed by atoms with Gasteiger partial charge in [0.25, 0.3) is 0 Å². The first-order chi connectivity index (χ1) is 13.2. The Hall–Kier alpha value is -1.76. The molecule has 2 aromatic rings. The Morgan fingerprint density at radius 2 is 1.75 bits per heavy atom. The predicted molar refractivity (Wildman–Crippen MR) is 114 cm³/mol. The van der Waals surface area contributed by atoms with Crippen molar-refractivity contribution in [3.8, 4) is 5.75 Å². The Bertz CT molecular complexity index is 952. The number of ether oxygens (including phenoxy) is 1. The smallest absolute Gasteiger partial charge is 0.246 e. The van der Waals surface area contributed by atoms with Crippen molar-refractivity contribution in [2.24, 2.45) is 0 Å². The molecule has 0 amide bonds. The molecule has 0 atom stereocenters. The second kappa shape index (κ2) is 8.31. The number of piperazine rings is 1. The first kappa shape index (κ1) is 21.0. The monoisotopic (exact) mass is 422 g/mol. The molecule has 1 heterocycles. The van der Waals surface area contributed by atoms with E-state index in [1.807, 2.05) is 37.3 Å². The Labute approximate surface area is 172 Å². The molecule has 1 aliphatic rings. The van der Waals surface area contributed by atoms with Crippen LogP contribution in [0.15, 0.2) is 41.3 Å². The summed E-state index contributed by atoms with van der Waals surface area (Å²) in [6, 6.07) is 11.2. The van der Waals surface area contributed by atoms with Crippen molar-refractivity contribution in [3.63, 3.8) is 0 Å². The van der Waals surface area contributed by atoms with Crippen LogP contribution in [0.4, 0.5) is 5.69 Å². The highest BCUT2D eigenvalue weighted by molar-refractivity contribution is 7.89. The lowest BCUT2D eigenvalue weighted by molar-refractivity contribution is 0.374. The Balaban J connectivity index is 1.85. The molecule has 1 aliphatic heterocycles. The topological polar surface area (TPSA) is 49.9 Å². The number of hydrogen-bond donors (Lipinski definition) is 0.